The van der Waals surface area contributed by atoms with Crippen molar-refractivity contribution >= 4 is 33.2 Å². The minimum Gasteiger partial charge on any atom is -0.494 e. The fourth-order valence-corrected chi connectivity index (χ4v) is 7.24. The van der Waals surface area contributed by atoms with E-state index in [-0.39, 0.29) is 11.3 Å². The number of hydrogen-bond donors (Lipinski definition) is 2. The summed E-state index contributed by atoms with van der Waals surface area (Å²) >= 11 is 0. The Morgan fingerprint density at radius 1 is 1.10 bits per heavy atom. The van der Waals surface area contributed by atoms with Gasteiger partial charge in [-0.2, -0.15) is 0 Å². The molecule has 39 heavy (non-hydrogen) atoms. The number of sulfonamides is 1. The molecule has 2 aliphatic rings. The summed E-state index contributed by atoms with van der Waals surface area (Å²) in [4.78, 5) is 15.5. The summed E-state index contributed by atoms with van der Waals surface area (Å²) in [7, 11) is -2.03. The number of amides is 1. The predicted molar refractivity (Wildman–Crippen MR) is 158 cm³/mol. The second kappa shape index (κ2) is 12.1. The first kappa shape index (κ1) is 29.1. The zero-order valence-corrected chi connectivity index (χ0v) is 24.7. The summed E-state index contributed by atoms with van der Waals surface area (Å²) in [5, 5.41) is 2.83. The lowest BCUT2D eigenvalue weighted by molar-refractivity contribution is 0.122. The van der Waals surface area contributed by atoms with Crippen LogP contribution in [-0.2, 0) is 14.8 Å². The van der Waals surface area contributed by atoms with E-state index in [1.807, 2.05) is 12.1 Å². The molecule has 2 unspecified atom stereocenters. The van der Waals surface area contributed by atoms with Crippen LogP contribution in [0.2, 0.25) is 0 Å². The minimum absolute atomic E-state index is 0.00260. The fraction of sp³-hybridized carbons (Fsp3) is 0.567. The van der Waals surface area contributed by atoms with Crippen LogP contribution in [0.3, 0.4) is 0 Å². The van der Waals surface area contributed by atoms with Crippen LogP contribution < -0.4 is 19.7 Å². The molecule has 9 heteroatoms. The van der Waals surface area contributed by atoms with Gasteiger partial charge in [0.05, 0.1) is 18.5 Å². The summed E-state index contributed by atoms with van der Waals surface area (Å²) in [6, 6.07) is 10.9. The Labute approximate surface area is 233 Å². The van der Waals surface area contributed by atoms with Crippen molar-refractivity contribution in [2.45, 2.75) is 90.2 Å². The molecule has 0 fully saturated rings. The van der Waals surface area contributed by atoms with Crippen LogP contribution in [0.1, 0.15) is 95.8 Å². The Morgan fingerprint density at radius 3 is 2.56 bits per heavy atom. The third-order valence-corrected chi connectivity index (χ3v) is 9.14. The molecule has 214 valence electrons. The zero-order valence-electron chi connectivity index (χ0n) is 23.9. The van der Waals surface area contributed by atoms with Gasteiger partial charge in [-0.3, -0.25) is 10.0 Å². The van der Waals surface area contributed by atoms with Crippen molar-refractivity contribution in [1.29, 1.82) is 0 Å². The average Bonchev–Trinajstić information content (AvgIpc) is 2.86. The van der Waals surface area contributed by atoms with E-state index in [4.69, 9.17) is 9.47 Å². The van der Waals surface area contributed by atoms with Crippen molar-refractivity contribution in [2.24, 2.45) is 0 Å². The summed E-state index contributed by atoms with van der Waals surface area (Å²) in [5.41, 5.74) is 3.86. The molecule has 2 atom stereocenters. The highest BCUT2D eigenvalue weighted by molar-refractivity contribution is 7.92. The van der Waals surface area contributed by atoms with Gasteiger partial charge >= 0.3 is 6.09 Å². The Morgan fingerprint density at radius 2 is 1.82 bits per heavy atom. The number of carbonyl (C=O) groups excluding carboxylic acids is 1. The van der Waals surface area contributed by atoms with Crippen LogP contribution in [-0.4, -0.2) is 39.5 Å². The van der Waals surface area contributed by atoms with Gasteiger partial charge in [-0.1, -0.05) is 64.2 Å². The standard InChI is InChI=1S/C30H43N3O5S/c1-6-7-8-9-10-13-16-33-26-18-27(37-5)25(17-23(26)21(2)19-30(33,3)4)31-29(34)38-28-20-39(35,36)32-24-15-12-11-14-22(24)28/h11-12,14-15,17-18,21,28,32H,6-10,13,16,19-20H2,1-5H3,(H,31,34). The monoisotopic (exact) mass is 557 g/mol. The fourth-order valence-electron chi connectivity index (χ4n) is 5.98. The molecule has 2 aromatic rings. The lowest BCUT2D eigenvalue weighted by atomic mass is 9.79. The quantitative estimate of drug-likeness (QED) is 0.300. The lowest BCUT2D eigenvalue weighted by Crippen LogP contribution is -2.48. The predicted octanol–water partition coefficient (Wildman–Crippen LogP) is 7.19. The maximum atomic E-state index is 13.0. The number of carbonyl (C=O) groups is 1. The number of rotatable bonds is 10. The maximum absolute atomic E-state index is 13.0. The molecule has 4 rings (SSSR count). The largest absolute Gasteiger partial charge is 0.494 e. The van der Waals surface area contributed by atoms with E-state index in [0.29, 0.717) is 28.6 Å². The van der Waals surface area contributed by atoms with Crippen molar-refractivity contribution in [2.75, 3.05) is 34.3 Å². The second-order valence-corrected chi connectivity index (χ2v) is 13.2. The molecule has 0 spiro atoms. The molecule has 1 amide bonds. The summed E-state index contributed by atoms with van der Waals surface area (Å²) in [6.45, 7) is 10.0. The van der Waals surface area contributed by atoms with Gasteiger partial charge in [0.1, 0.15) is 17.6 Å². The number of nitrogens with one attached hydrogen (secondary N) is 2. The van der Waals surface area contributed by atoms with Crippen molar-refractivity contribution < 1.29 is 22.7 Å². The van der Waals surface area contributed by atoms with Crippen LogP contribution >= 0.6 is 0 Å². The molecule has 0 saturated heterocycles. The zero-order chi connectivity index (χ0) is 28.2. The molecule has 2 heterocycles. The third-order valence-electron chi connectivity index (χ3n) is 7.87. The second-order valence-electron chi connectivity index (χ2n) is 11.4. The highest BCUT2D eigenvalue weighted by atomic mass is 32.2. The maximum Gasteiger partial charge on any atom is 0.412 e. The highest BCUT2D eigenvalue weighted by Crippen LogP contribution is 2.47. The van der Waals surface area contributed by atoms with Crippen molar-refractivity contribution in [3.63, 3.8) is 0 Å². The number of nitrogens with zero attached hydrogens (tertiary/aromatic N) is 1. The van der Waals surface area contributed by atoms with Gasteiger partial charge in [0, 0.05) is 29.4 Å². The average molecular weight is 558 g/mol. The van der Waals surface area contributed by atoms with E-state index in [1.165, 1.54) is 32.1 Å². The van der Waals surface area contributed by atoms with Crippen LogP contribution in [0.15, 0.2) is 36.4 Å². The normalized spacial score (nSPS) is 20.8. The van der Waals surface area contributed by atoms with E-state index < -0.39 is 22.2 Å². The summed E-state index contributed by atoms with van der Waals surface area (Å²) < 4.78 is 38.5. The van der Waals surface area contributed by atoms with E-state index in [1.54, 1.807) is 31.4 Å². The molecule has 8 nitrogen and oxygen atoms in total. The number of hydrogen-bond acceptors (Lipinski definition) is 6. The molecule has 0 saturated carbocycles. The number of methoxy groups -OCH3 is 1. The Hall–Kier alpha value is -2.94. The first-order valence-corrected chi connectivity index (χ1v) is 15.8. The third kappa shape index (κ3) is 6.80. The molecule has 0 bridgehead atoms. The molecule has 2 N–H and O–H groups in total. The van der Waals surface area contributed by atoms with Crippen molar-refractivity contribution in [1.82, 2.24) is 0 Å². The summed E-state index contributed by atoms with van der Waals surface area (Å²) in [6.07, 6.45) is 6.82. The molecule has 0 aliphatic carbocycles. The first-order valence-electron chi connectivity index (χ1n) is 14.1. The number of para-hydroxylation sites is 1. The Bertz CT molecular complexity index is 1280. The van der Waals surface area contributed by atoms with Gasteiger partial charge in [-0.05, 0) is 50.3 Å². The Kier molecular flexibility index (Phi) is 8.99. The van der Waals surface area contributed by atoms with Gasteiger partial charge in [0.15, 0.2) is 0 Å². The smallest absolute Gasteiger partial charge is 0.412 e. The SMILES string of the molecule is CCCCCCCCN1c2cc(OC)c(NC(=O)OC3CS(=O)(=O)Nc4ccccc43)cc2C(C)CC1(C)C. The van der Waals surface area contributed by atoms with Gasteiger partial charge in [0.2, 0.25) is 10.0 Å². The molecular formula is C30H43N3O5S. The van der Waals surface area contributed by atoms with Gasteiger partial charge < -0.3 is 14.4 Å². The lowest BCUT2D eigenvalue weighted by Gasteiger charge is -2.48. The van der Waals surface area contributed by atoms with E-state index in [0.717, 1.165) is 30.6 Å². The van der Waals surface area contributed by atoms with Crippen molar-refractivity contribution in [3.05, 3.63) is 47.5 Å². The number of unbranched alkanes of at least 4 members (excludes halogenated alkanes) is 5. The van der Waals surface area contributed by atoms with Gasteiger partial charge in [-0.15, -0.1) is 0 Å². The number of anilines is 3. The topological polar surface area (TPSA) is 97.0 Å². The van der Waals surface area contributed by atoms with Crippen LogP contribution in [0, 0.1) is 0 Å². The van der Waals surface area contributed by atoms with Crippen LogP contribution in [0.5, 0.6) is 5.75 Å². The molecular weight excluding hydrogens is 514 g/mol. The van der Waals surface area contributed by atoms with Gasteiger partial charge in [0.25, 0.3) is 0 Å². The molecule has 0 radical (unpaired) electrons. The van der Waals surface area contributed by atoms with Gasteiger partial charge in [-0.25, -0.2) is 13.2 Å². The van der Waals surface area contributed by atoms with Crippen LogP contribution in [0.25, 0.3) is 0 Å². The number of ether oxygens (including phenoxy) is 2. The van der Waals surface area contributed by atoms with Crippen LogP contribution in [0.4, 0.5) is 21.9 Å². The number of fused-ring (bicyclic) bond motifs is 2. The molecule has 2 aromatic carbocycles. The van der Waals surface area contributed by atoms with E-state index in [9.17, 15) is 13.2 Å². The minimum atomic E-state index is -3.61. The van der Waals surface area contributed by atoms with E-state index >= 15 is 0 Å². The molecule has 0 aromatic heterocycles. The highest BCUT2D eigenvalue weighted by Gasteiger charge is 2.37. The Balaban J connectivity index is 1.53. The van der Waals surface area contributed by atoms with E-state index in [2.05, 4.69) is 42.6 Å². The number of benzene rings is 2. The first-order chi connectivity index (χ1) is 18.5. The molecule has 2 aliphatic heterocycles. The van der Waals surface area contributed by atoms with Crippen molar-refractivity contribution in [3.8, 4) is 5.75 Å². The summed E-state index contributed by atoms with van der Waals surface area (Å²) in [5.74, 6) is 0.500.